The van der Waals surface area contributed by atoms with Gasteiger partial charge in [0.15, 0.2) is 0 Å². The van der Waals surface area contributed by atoms with Crippen LogP contribution in [-0.2, 0) is 17.9 Å². The molecule has 2 aromatic rings. The fourth-order valence-corrected chi connectivity index (χ4v) is 3.13. The topological polar surface area (TPSA) is 80.2 Å². The summed E-state index contributed by atoms with van der Waals surface area (Å²) in [6.07, 6.45) is -2.46. The number of aliphatic hydroxyl groups is 1. The quantitative estimate of drug-likeness (QED) is 0.495. The zero-order chi connectivity index (χ0) is 24.8. The molecule has 0 saturated carbocycles. The van der Waals surface area contributed by atoms with Gasteiger partial charge in [0.2, 0.25) is 0 Å². The molecule has 2 aromatic carbocycles. The Morgan fingerprint density at radius 2 is 1.85 bits per heavy atom. The van der Waals surface area contributed by atoms with Crippen molar-refractivity contribution in [3.8, 4) is 16.9 Å². The summed E-state index contributed by atoms with van der Waals surface area (Å²) >= 11 is 0. The molecule has 0 atom stereocenters. The Hall–Kier alpha value is -3.33. The van der Waals surface area contributed by atoms with Crippen molar-refractivity contribution in [1.29, 1.82) is 0 Å². The monoisotopic (exact) mass is 464 g/mol. The molecule has 0 aromatic heterocycles. The van der Waals surface area contributed by atoms with E-state index in [1.165, 1.54) is 36.6 Å². The number of carbonyl (C=O) groups excluding carboxylic acids is 1. The number of carbonyl (C=O) groups is 1. The van der Waals surface area contributed by atoms with Crippen LogP contribution in [0.4, 0.5) is 23.7 Å². The van der Waals surface area contributed by atoms with E-state index in [9.17, 15) is 23.1 Å². The third-order valence-electron chi connectivity index (χ3n) is 4.44. The van der Waals surface area contributed by atoms with E-state index in [-0.39, 0.29) is 18.9 Å². The molecular formula is C24H27F3N2O4. The second kappa shape index (κ2) is 10.5. The number of hydrogen-bond acceptors (Lipinski definition) is 5. The lowest BCUT2D eigenvalue weighted by atomic mass is 9.92. The van der Waals surface area contributed by atoms with Gasteiger partial charge in [-0.25, -0.2) is 4.79 Å². The number of aliphatic hydroxyl groups excluding tert-OH is 1. The summed E-state index contributed by atoms with van der Waals surface area (Å²) in [5.41, 5.74) is 2.86. The van der Waals surface area contributed by atoms with Gasteiger partial charge in [-0.05, 0) is 68.1 Å². The molecule has 2 rings (SSSR count). The van der Waals surface area contributed by atoms with Crippen LogP contribution in [0.25, 0.3) is 11.1 Å². The minimum atomic E-state index is -4.78. The standard InChI is InChI=1S/C24H27F3N2O4/c1-6-11-28-21-15(2)19(16-7-9-18(10-8-16)32-24(25,26)27)12-17(20(21)14-30)13-29-22(31)33-23(3,4)5/h6-12,30H,1,13-14H2,2-5H3,(H,29,31)/b28-11-. The highest BCUT2D eigenvalue weighted by Crippen LogP contribution is 2.37. The molecule has 0 aliphatic heterocycles. The maximum absolute atomic E-state index is 12.5. The first-order valence-corrected chi connectivity index (χ1v) is 10.1. The number of nitrogens with one attached hydrogen (secondary N) is 1. The average molecular weight is 464 g/mol. The van der Waals surface area contributed by atoms with Gasteiger partial charge in [-0.1, -0.05) is 24.8 Å². The molecule has 0 heterocycles. The van der Waals surface area contributed by atoms with Gasteiger partial charge < -0.3 is 19.9 Å². The predicted octanol–water partition coefficient (Wildman–Crippen LogP) is 5.97. The number of halogens is 3. The van der Waals surface area contributed by atoms with E-state index in [0.29, 0.717) is 33.5 Å². The highest BCUT2D eigenvalue weighted by atomic mass is 19.4. The van der Waals surface area contributed by atoms with Crippen LogP contribution in [0.15, 0.2) is 48.0 Å². The zero-order valence-electron chi connectivity index (χ0n) is 18.9. The van der Waals surface area contributed by atoms with Crippen LogP contribution in [0.3, 0.4) is 0 Å². The molecule has 0 aliphatic carbocycles. The van der Waals surface area contributed by atoms with Crippen LogP contribution in [-0.4, -0.2) is 29.4 Å². The van der Waals surface area contributed by atoms with Gasteiger partial charge in [0.05, 0.1) is 12.3 Å². The van der Waals surface area contributed by atoms with Crippen molar-refractivity contribution in [3.63, 3.8) is 0 Å². The number of nitrogens with zero attached hydrogens (tertiary/aromatic N) is 1. The summed E-state index contributed by atoms with van der Waals surface area (Å²) in [5.74, 6) is -0.340. The number of benzene rings is 2. The van der Waals surface area contributed by atoms with E-state index in [1.807, 2.05) is 0 Å². The Balaban J connectivity index is 2.50. The molecule has 33 heavy (non-hydrogen) atoms. The summed E-state index contributed by atoms with van der Waals surface area (Å²) in [4.78, 5) is 16.5. The lowest BCUT2D eigenvalue weighted by Gasteiger charge is -2.21. The number of aliphatic imine (C=N–C) groups is 1. The maximum Gasteiger partial charge on any atom is 0.573 e. The highest BCUT2D eigenvalue weighted by molar-refractivity contribution is 5.81. The lowest BCUT2D eigenvalue weighted by molar-refractivity contribution is -0.274. The van der Waals surface area contributed by atoms with Gasteiger partial charge in [0.25, 0.3) is 0 Å². The third kappa shape index (κ3) is 7.64. The number of alkyl carbamates (subject to hydrolysis) is 1. The molecule has 6 nitrogen and oxygen atoms in total. The van der Waals surface area contributed by atoms with Gasteiger partial charge in [-0.15, -0.1) is 13.2 Å². The SMILES string of the molecule is C=C/C=N\c1c(C)c(-c2ccc(OC(F)(F)F)cc2)cc(CNC(=O)OC(C)(C)C)c1CO. The number of amides is 1. The second-order valence-corrected chi connectivity index (χ2v) is 8.14. The van der Waals surface area contributed by atoms with E-state index >= 15 is 0 Å². The predicted molar refractivity (Wildman–Crippen MR) is 121 cm³/mol. The third-order valence-corrected chi connectivity index (χ3v) is 4.44. The number of ether oxygens (including phenoxy) is 2. The summed E-state index contributed by atoms with van der Waals surface area (Å²) in [6, 6.07) is 7.17. The molecule has 0 bridgehead atoms. The first-order valence-electron chi connectivity index (χ1n) is 10.1. The van der Waals surface area contributed by atoms with Crippen LogP contribution in [0.1, 0.15) is 37.5 Å². The molecule has 0 aliphatic rings. The fourth-order valence-electron chi connectivity index (χ4n) is 3.13. The van der Waals surface area contributed by atoms with Crippen molar-refractivity contribution in [2.75, 3.05) is 0 Å². The lowest BCUT2D eigenvalue weighted by Crippen LogP contribution is -2.32. The van der Waals surface area contributed by atoms with Gasteiger partial charge in [-0.3, -0.25) is 4.99 Å². The summed E-state index contributed by atoms with van der Waals surface area (Å²) in [7, 11) is 0. The van der Waals surface area contributed by atoms with Gasteiger partial charge >= 0.3 is 12.5 Å². The Labute approximate surface area is 190 Å². The normalized spacial score (nSPS) is 12.0. The Morgan fingerprint density at radius 1 is 1.21 bits per heavy atom. The Morgan fingerprint density at radius 3 is 2.36 bits per heavy atom. The minimum Gasteiger partial charge on any atom is -0.444 e. The summed E-state index contributed by atoms with van der Waals surface area (Å²) in [6.45, 7) is 10.3. The first kappa shape index (κ1) is 25.9. The van der Waals surface area contributed by atoms with Gasteiger partial charge in [-0.2, -0.15) is 0 Å². The fraction of sp³-hybridized carbons (Fsp3) is 0.333. The van der Waals surface area contributed by atoms with E-state index in [0.717, 1.165) is 0 Å². The van der Waals surface area contributed by atoms with Crippen molar-refractivity contribution in [2.24, 2.45) is 4.99 Å². The number of rotatable bonds is 7. The molecule has 178 valence electrons. The summed E-state index contributed by atoms with van der Waals surface area (Å²) < 4.78 is 46.6. The average Bonchev–Trinajstić information content (AvgIpc) is 2.69. The first-order chi connectivity index (χ1) is 15.3. The molecule has 0 radical (unpaired) electrons. The number of allylic oxidation sites excluding steroid dienone is 1. The maximum atomic E-state index is 12.5. The molecule has 1 amide bonds. The van der Waals surface area contributed by atoms with Crippen LogP contribution in [0.5, 0.6) is 5.75 Å². The van der Waals surface area contributed by atoms with Gasteiger partial charge in [0, 0.05) is 18.3 Å². The van der Waals surface area contributed by atoms with Crippen molar-refractivity contribution in [2.45, 2.75) is 52.8 Å². The van der Waals surface area contributed by atoms with Crippen molar-refractivity contribution >= 4 is 18.0 Å². The van der Waals surface area contributed by atoms with E-state index in [2.05, 4.69) is 21.6 Å². The Bertz CT molecular complexity index is 1020. The van der Waals surface area contributed by atoms with Crippen molar-refractivity contribution in [3.05, 3.63) is 59.7 Å². The highest BCUT2D eigenvalue weighted by Gasteiger charge is 2.31. The van der Waals surface area contributed by atoms with Crippen molar-refractivity contribution < 1.29 is 32.5 Å². The number of hydrogen-bond donors (Lipinski definition) is 2. The van der Waals surface area contributed by atoms with E-state index in [4.69, 9.17) is 4.74 Å². The molecule has 0 spiro atoms. The van der Waals surface area contributed by atoms with Gasteiger partial charge in [0.1, 0.15) is 11.4 Å². The zero-order valence-corrected chi connectivity index (χ0v) is 18.9. The molecule has 2 N–H and O–H groups in total. The number of alkyl halides is 3. The van der Waals surface area contributed by atoms with Crippen LogP contribution < -0.4 is 10.1 Å². The molecule has 9 heteroatoms. The van der Waals surface area contributed by atoms with Crippen molar-refractivity contribution in [1.82, 2.24) is 5.32 Å². The molecule has 0 fully saturated rings. The summed E-state index contributed by atoms with van der Waals surface area (Å²) in [5, 5.41) is 12.7. The largest absolute Gasteiger partial charge is 0.573 e. The van der Waals surface area contributed by atoms with Crippen LogP contribution in [0, 0.1) is 6.92 Å². The van der Waals surface area contributed by atoms with E-state index < -0.39 is 18.1 Å². The molecule has 0 unspecified atom stereocenters. The Kier molecular flexibility index (Phi) is 8.27. The smallest absolute Gasteiger partial charge is 0.444 e. The van der Waals surface area contributed by atoms with E-state index in [1.54, 1.807) is 33.8 Å². The minimum absolute atomic E-state index is 0.0456. The van der Waals surface area contributed by atoms with Crippen LogP contribution in [0.2, 0.25) is 0 Å². The van der Waals surface area contributed by atoms with Crippen LogP contribution >= 0.6 is 0 Å². The molecular weight excluding hydrogens is 437 g/mol. The second-order valence-electron chi connectivity index (χ2n) is 8.14. The molecule has 0 saturated heterocycles.